The predicted octanol–water partition coefficient (Wildman–Crippen LogP) is 2.02. The molecule has 1 heterocycles. The molecule has 0 aromatic heterocycles. The molecule has 35 heavy (non-hydrogen) atoms. The van der Waals surface area contributed by atoms with Crippen LogP contribution in [0.15, 0.2) is 0 Å². The van der Waals surface area contributed by atoms with Crippen molar-refractivity contribution in [3.05, 3.63) is 0 Å². The van der Waals surface area contributed by atoms with Crippen LogP contribution in [-0.4, -0.2) is 85.8 Å². The van der Waals surface area contributed by atoms with E-state index in [0.29, 0.717) is 18.9 Å². The maximum Gasteiger partial charge on any atom is 0.302 e. The number of rotatable bonds is 6. The second-order valence-corrected chi connectivity index (χ2v) is 12.4. The highest BCUT2D eigenvalue weighted by atomic mass is 16.6. The minimum Gasteiger partial charge on any atom is -0.462 e. The highest BCUT2D eigenvalue weighted by Crippen LogP contribution is 2.79. The van der Waals surface area contributed by atoms with E-state index >= 15 is 0 Å². The molecule has 0 aromatic rings. The molecular formula is C27H41NO7. The van der Waals surface area contributed by atoms with Gasteiger partial charge >= 0.3 is 11.9 Å². The molecule has 6 fully saturated rings. The molecule has 6 aliphatic rings. The van der Waals surface area contributed by atoms with Gasteiger partial charge in [-0.1, -0.05) is 6.92 Å². The van der Waals surface area contributed by atoms with Gasteiger partial charge in [0.2, 0.25) is 0 Å². The molecule has 1 unspecified atom stereocenters. The molecule has 8 nitrogen and oxygen atoms in total. The topological polar surface area (TPSA) is 94.5 Å². The van der Waals surface area contributed by atoms with E-state index in [9.17, 15) is 14.7 Å². The third kappa shape index (κ3) is 2.83. The van der Waals surface area contributed by atoms with Gasteiger partial charge in [-0.25, -0.2) is 0 Å². The molecule has 1 saturated heterocycles. The van der Waals surface area contributed by atoms with Crippen LogP contribution in [0.5, 0.6) is 0 Å². The number of nitrogens with zero attached hydrogens (tertiary/aromatic N) is 1. The molecule has 8 heteroatoms. The Morgan fingerprint density at radius 3 is 2.46 bits per heavy atom. The van der Waals surface area contributed by atoms with Crippen molar-refractivity contribution in [2.45, 2.75) is 82.8 Å². The van der Waals surface area contributed by atoms with Crippen LogP contribution in [0.2, 0.25) is 0 Å². The zero-order valence-electron chi connectivity index (χ0n) is 21.7. The molecule has 5 aliphatic carbocycles. The Kier molecular flexibility index (Phi) is 5.44. The third-order valence-electron chi connectivity index (χ3n) is 11.4. The second kappa shape index (κ2) is 7.89. The largest absolute Gasteiger partial charge is 0.462 e. The number of carbonyl (C=O) groups is 2. The average molecular weight is 492 g/mol. The van der Waals surface area contributed by atoms with Gasteiger partial charge in [0.05, 0.1) is 18.3 Å². The number of hydrogen-bond donors (Lipinski definition) is 1. The fourth-order valence-electron chi connectivity index (χ4n) is 11.1. The molecule has 0 amide bonds. The first kappa shape index (κ1) is 24.1. The van der Waals surface area contributed by atoms with Crippen LogP contribution in [-0.2, 0) is 28.5 Å². The van der Waals surface area contributed by atoms with Crippen LogP contribution in [0.25, 0.3) is 0 Å². The van der Waals surface area contributed by atoms with Crippen molar-refractivity contribution < 1.29 is 33.6 Å². The first-order valence-electron chi connectivity index (χ1n) is 13.5. The predicted molar refractivity (Wildman–Crippen MR) is 125 cm³/mol. The lowest BCUT2D eigenvalue weighted by Crippen LogP contribution is -2.76. The fraction of sp³-hybridized carbons (Fsp3) is 0.926. The van der Waals surface area contributed by atoms with Gasteiger partial charge in [0, 0.05) is 75.7 Å². The van der Waals surface area contributed by atoms with E-state index in [1.165, 1.54) is 13.8 Å². The molecule has 0 radical (unpaired) electrons. The van der Waals surface area contributed by atoms with Crippen molar-refractivity contribution in [3.8, 4) is 0 Å². The van der Waals surface area contributed by atoms with Gasteiger partial charge in [0.15, 0.2) is 0 Å². The SMILES string of the molecule is CCN1C[C@]2(COC)CC[C@H](OC)[C@]34C1[C@H](C[C@H]23)[C@@]1(O)C[C@H](OC(C)=O)[C@H]2C[C@@H]4[C@@H]1[C@H]2OC(C)=O. The third-order valence-corrected chi connectivity index (χ3v) is 11.4. The van der Waals surface area contributed by atoms with Crippen molar-refractivity contribution in [3.63, 3.8) is 0 Å². The summed E-state index contributed by atoms with van der Waals surface area (Å²) in [7, 11) is 3.65. The van der Waals surface area contributed by atoms with E-state index in [1.807, 2.05) is 14.2 Å². The Bertz CT molecular complexity index is 912. The van der Waals surface area contributed by atoms with Gasteiger partial charge < -0.3 is 24.1 Å². The molecule has 0 aromatic carbocycles. The van der Waals surface area contributed by atoms with Gasteiger partial charge in [-0.05, 0) is 44.1 Å². The van der Waals surface area contributed by atoms with E-state index in [1.54, 1.807) is 0 Å². The molecule has 1 aliphatic heterocycles. The molecule has 12 atom stereocenters. The van der Waals surface area contributed by atoms with Gasteiger partial charge in [-0.2, -0.15) is 0 Å². The first-order valence-corrected chi connectivity index (χ1v) is 13.5. The number of likely N-dealkylation sites (tertiary alicyclic amines) is 1. The molecule has 5 saturated carbocycles. The van der Waals surface area contributed by atoms with E-state index in [4.69, 9.17) is 18.9 Å². The highest BCUT2D eigenvalue weighted by Gasteiger charge is 2.84. The Labute approximate surface area is 208 Å². The minimum absolute atomic E-state index is 0.0124. The van der Waals surface area contributed by atoms with Crippen molar-refractivity contribution in [1.29, 1.82) is 0 Å². The van der Waals surface area contributed by atoms with Crippen LogP contribution in [0.1, 0.15) is 52.9 Å². The number of ether oxygens (including phenoxy) is 4. The lowest BCUT2D eigenvalue weighted by Gasteiger charge is -2.69. The summed E-state index contributed by atoms with van der Waals surface area (Å²) in [5, 5.41) is 12.7. The van der Waals surface area contributed by atoms with Gasteiger partial charge in [0.25, 0.3) is 0 Å². The summed E-state index contributed by atoms with van der Waals surface area (Å²) in [5.41, 5.74) is -1.16. The zero-order valence-corrected chi connectivity index (χ0v) is 21.7. The summed E-state index contributed by atoms with van der Waals surface area (Å²) in [6.45, 7) is 7.70. The van der Waals surface area contributed by atoms with Crippen molar-refractivity contribution in [2.24, 2.45) is 40.4 Å². The van der Waals surface area contributed by atoms with Crippen LogP contribution < -0.4 is 0 Å². The average Bonchev–Trinajstić information content (AvgIpc) is 3.23. The standard InChI is InChI=1S/C27H41NO7/c1-6-28-12-25(13-32-4)8-7-21(33-5)27-17-9-16-19(34-14(2)29)11-26(31,18(24(27)28)10-20(25)27)22(17)23(16)35-15(3)30/h16-24,31H,6-13H2,1-5H3/t16-,17-,18+,19+,20-,21+,22-,23+,24?,25+,26+,27-/m1/s1. The minimum atomic E-state index is -1.06. The number of methoxy groups -OCH3 is 2. The summed E-state index contributed by atoms with van der Waals surface area (Å²) in [5.74, 6) is -0.414. The highest BCUT2D eigenvalue weighted by molar-refractivity contribution is 5.67. The van der Waals surface area contributed by atoms with Crippen molar-refractivity contribution in [2.75, 3.05) is 33.9 Å². The monoisotopic (exact) mass is 491 g/mol. The summed E-state index contributed by atoms with van der Waals surface area (Å²) in [6, 6.07) is 0.201. The van der Waals surface area contributed by atoms with Crippen molar-refractivity contribution >= 4 is 11.9 Å². The van der Waals surface area contributed by atoms with E-state index in [2.05, 4.69) is 11.8 Å². The van der Waals surface area contributed by atoms with E-state index < -0.39 is 17.8 Å². The lowest BCUT2D eigenvalue weighted by molar-refractivity contribution is -0.277. The number of carbonyl (C=O) groups excluding carboxylic acids is 2. The molecule has 1 N–H and O–H groups in total. The van der Waals surface area contributed by atoms with Crippen molar-refractivity contribution in [1.82, 2.24) is 4.90 Å². The lowest BCUT2D eigenvalue weighted by atomic mass is 9.43. The number of aliphatic hydroxyl groups is 1. The smallest absolute Gasteiger partial charge is 0.302 e. The molecule has 1 spiro atoms. The van der Waals surface area contributed by atoms with E-state index in [0.717, 1.165) is 38.8 Å². The Morgan fingerprint density at radius 2 is 1.83 bits per heavy atom. The molecule has 7 bridgehead atoms. The van der Waals surface area contributed by atoms with Gasteiger partial charge in [-0.15, -0.1) is 0 Å². The summed E-state index contributed by atoms with van der Waals surface area (Å²) in [4.78, 5) is 27.0. The normalized spacial score (nSPS) is 53.4. The Balaban J connectivity index is 1.55. The Hall–Kier alpha value is -1.22. The van der Waals surface area contributed by atoms with Crippen LogP contribution in [0.3, 0.4) is 0 Å². The van der Waals surface area contributed by atoms with Gasteiger partial charge in [0.1, 0.15) is 12.2 Å². The molecule has 196 valence electrons. The maximum absolute atomic E-state index is 12.7. The molecule has 6 rings (SSSR count). The maximum atomic E-state index is 12.7. The Morgan fingerprint density at radius 1 is 1.09 bits per heavy atom. The van der Waals surface area contributed by atoms with Crippen LogP contribution in [0, 0.1) is 40.4 Å². The number of esters is 2. The van der Waals surface area contributed by atoms with E-state index in [-0.39, 0.29) is 58.6 Å². The van der Waals surface area contributed by atoms with Gasteiger partial charge in [-0.3, -0.25) is 14.5 Å². The summed E-state index contributed by atoms with van der Waals surface area (Å²) >= 11 is 0. The number of fused-ring (bicyclic) bond motifs is 2. The summed E-state index contributed by atoms with van der Waals surface area (Å²) in [6.07, 6.45) is 3.36. The second-order valence-electron chi connectivity index (χ2n) is 12.4. The fourth-order valence-corrected chi connectivity index (χ4v) is 11.1. The first-order chi connectivity index (χ1) is 16.7. The quantitative estimate of drug-likeness (QED) is 0.564. The number of hydrogen-bond acceptors (Lipinski definition) is 8. The van der Waals surface area contributed by atoms with Crippen LogP contribution in [0.4, 0.5) is 0 Å². The molecular weight excluding hydrogens is 450 g/mol. The van der Waals surface area contributed by atoms with Crippen LogP contribution >= 0.6 is 0 Å². The zero-order chi connectivity index (χ0) is 24.9. The summed E-state index contributed by atoms with van der Waals surface area (Å²) < 4.78 is 24.1. The number of piperidine rings is 1.